The number of amidine groups is 1. The van der Waals surface area contributed by atoms with E-state index in [9.17, 15) is 4.79 Å². The molecule has 19 heavy (non-hydrogen) atoms. The molecule has 0 saturated heterocycles. The van der Waals surface area contributed by atoms with E-state index in [1.807, 2.05) is 6.92 Å². The third-order valence-corrected chi connectivity index (χ3v) is 3.27. The van der Waals surface area contributed by atoms with Crippen LogP contribution in [-0.4, -0.2) is 62.4 Å². The lowest BCUT2D eigenvalue weighted by Crippen LogP contribution is -2.51. The van der Waals surface area contributed by atoms with Crippen molar-refractivity contribution in [3.05, 3.63) is 0 Å². The van der Waals surface area contributed by atoms with E-state index in [-0.39, 0.29) is 11.7 Å². The molecule has 112 valence electrons. The van der Waals surface area contributed by atoms with Crippen LogP contribution in [0.4, 0.5) is 0 Å². The minimum atomic E-state index is -1.02. The molecule has 0 radical (unpaired) electrons. The lowest BCUT2D eigenvalue weighted by Gasteiger charge is -2.32. The first-order valence-electron chi connectivity index (χ1n) is 6.23. The van der Waals surface area contributed by atoms with Gasteiger partial charge in [-0.2, -0.15) is 0 Å². The number of nitrogens with zero attached hydrogens (tertiary/aromatic N) is 2. The Labute approximate surface area is 114 Å². The van der Waals surface area contributed by atoms with Gasteiger partial charge in [0.25, 0.3) is 0 Å². The van der Waals surface area contributed by atoms with Crippen LogP contribution in [-0.2, 0) is 14.3 Å². The number of oxime groups is 1. The number of methoxy groups -OCH3 is 2. The fraction of sp³-hybridized carbons (Fsp3) is 0.833. The zero-order valence-electron chi connectivity index (χ0n) is 12.2. The molecule has 1 amide bonds. The smallest absolute Gasteiger partial charge is 0.236 e. The van der Waals surface area contributed by atoms with E-state index in [4.69, 9.17) is 20.4 Å². The van der Waals surface area contributed by atoms with Gasteiger partial charge < -0.3 is 25.3 Å². The second-order valence-corrected chi connectivity index (χ2v) is 4.45. The molecule has 7 nitrogen and oxygen atoms in total. The molecular formula is C12H25N3O4. The summed E-state index contributed by atoms with van der Waals surface area (Å²) in [5.41, 5.74) is 4.63. The van der Waals surface area contributed by atoms with Crippen molar-refractivity contribution in [3.63, 3.8) is 0 Å². The molecular weight excluding hydrogens is 250 g/mol. The Balaban J connectivity index is 5.01. The van der Waals surface area contributed by atoms with Gasteiger partial charge >= 0.3 is 0 Å². The fourth-order valence-corrected chi connectivity index (χ4v) is 1.62. The Morgan fingerprint density at radius 3 is 2.11 bits per heavy atom. The summed E-state index contributed by atoms with van der Waals surface area (Å²) in [5, 5.41) is 11.8. The minimum Gasteiger partial charge on any atom is -0.409 e. The van der Waals surface area contributed by atoms with E-state index in [0.717, 1.165) is 0 Å². The van der Waals surface area contributed by atoms with Gasteiger partial charge in [-0.05, 0) is 13.3 Å². The van der Waals surface area contributed by atoms with Gasteiger partial charge in [0.1, 0.15) is 5.41 Å². The van der Waals surface area contributed by atoms with E-state index in [1.54, 1.807) is 26.0 Å². The van der Waals surface area contributed by atoms with Crippen molar-refractivity contribution in [2.24, 2.45) is 16.3 Å². The first-order valence-corrected chi connectivity index (χ1v) is 6.23. The number of rotatable bonds is 9. The molecule has 1 atom stereocenters. The quantitative estimate of drug-likeness (QED) is 0.272. The second-order valence-electron chi connectivity index (χ2n) is 4.45. The summed E-state index contributed by atoms with van der Waals surface area (Å²) >= 11 is 0. The van der Waals surface area contributed by atoms with Gasteiger partial charge in [0, 0.05) is 27.3 Å². The maximum atomic E-state index is 12.6. The Morgan fingerprint density at radius 1 is 1.32 bits per heavy atom. The predicted octanol–water partition coefficient (Wildman–Crippen LogP) is 0.271. The van der Waals surface area contributed by atoms with Gasteiger partial charge in [0.05, 0.1) is 13.2 Å². The SMILES string of the molecule is CCC(C)(C(=O)N(CCOC)CCOC)C(N)=NO. The van der Waals surface area contributed by atoms with Gasteiger partial charge in [0.15, 0.2) is 5.84 Å². The Morgan fingerprint density at radius 2 is 1.79 bits per heavy atom. The first kappa shape index (κ1) is 17.7. The number of carbonyl (C=O) groups excluding carboxylic acids is 1. The Bertz CT molecular complexity index is 301. The summed E-state index contributed by atoms with van der Waals surface area (Å²) < 4.78 is 9.98. The van der Waals surface area contributed by atoms with Crippen molar-refractivity contribution < 1.29 is 19.5 Å². The van der Waals surface area contributed by atoms with Crippen LogP contribution in [0, 0.1) is 5.41 Å². The van der Waals surface area contributed by atoms with Crippen molar-refractivity contribution in [3.8, 4) is 0 Å². The van der Waals surface area contributed by atoms with Crippen LogP contribution in [0.5, 0.6) is 0 Å². The number of carbonyl (C=O) groups is 1. The molecule has 0 aromatic rings. The normalized spacial score (nSPS) is 15.1. The van der Waals surface area contributed by atoms with E-state index in [1.165, 1.54) is 0 Å². The first-order chi connectivity index (χ1) is 8.97. The molecule has 0 rings (SSSR count). The van der Waals surface area contributed by atoms with Crippen molar-refractivity contribution in [2.45, 2.75) is 20.3 Å². The molecule has 0 saturated carbocycles. The molecule has 0 aromatic carbocycles. The molecule has 3 N–H and O–H groups in total. The predicted molar refractivity (Wildman–Crippen MR) is 72.1 cm³/mol. The van der Waals surface area contributed by atoms with Gasteiger partial charge in [-0.1, -0.05) is 12.1 Å². The van der Waals surface area contributed by atoms with Gasteiger partial charge in [-0.25, -0.2) is 0 Å². The van der Waals surface area contributed by atoms with Crippen LogP contribution in [0.2, 0.25) is 0 Å². The van der Waals surface area contributed by atoms with Crippen molar-refractivity contribution >= 4 is 11.7 Å². The van der Waals surface area contributed by atoms with E-state index < -0.39 is 5.41 Å². The zero-order valence-corrected chi connectivity index (χ0v) is 12.2. The highest BCUT2D eigenvalue weighted by Gasteiger charge is 2.39. The Hall–Kier alpha value is -1.34. The van der Waals surface area contributed by atoms with Gasteiger partial charge in [-0.15, -0.1) is 0 Å². The lowest BCUT2D eigenvalue weighted by molar-refractivity contribution is -0.139. The standard InChI is InChI=1S/C12H25N3O4/c1-5-12(2,10(13)14-17)11(16)15(6-8-18-3)7-9-19-4/h17H,5-9H2,1-4H3,(H2,13,14). The van der Waals surface area contributed by atoms with E-state index in [0.29, 0.717) is 32.7 Å². The molecule has 1 unspecified atom stereocenters. The summed E-state index contributed by atoms with van der Waals surface area (Å²) in [6, 6.07) is 0. The molecule has 0 bridgehead atoms. The molecule has 0 fully saturated rings. The second kappa shape index (κ2) is 8.71. The average molecular weight is 275 g/mol. The topological polar surface area (TPSA) is 97.4 Å². The highest BCUT2D eigenvalue weighted by molar-refractivity contribution is 6.06. The van der Waals surface area contributed by atoms with Crippen molar-refractivity contribution in [2.75, 3.05) is 40.5 Å². The molecule has 0 aliphatic rings. The third kappa shape index (κ3) is 4.68. The molecule has 7 heteroatoms. The minimum absolute atomic E-state index is 0.0835. The molecule has 0 aliphatic carbocycles. The number of hydrogen-bond donors (Lipinski definition) is 2. The summed E-state index contributed by atoms with van der Waals surface area (Å²) in [6.07, 6.45) is 0.443. The fourth-order valence-electron chi connectivity index (χ4n) is 1.62. The van der Waals surface area contributed by atoms with Gasteiger partial charge in [0.2, 0.25) is 5.91 Å². The van der Waals surface area contributed by atoms with Crippen LogP contribution >= 0.6 is 0 Å². The number of hydrogen-bond acceptors (Lipinski definition) is 5. The number of amides is 1. The van der Waals surface area contributed by atoms with E-state index in [2.05, 4.69) is 5.16 Å². The lowest BCUT2D eigenvalue weighted by atomic mass is 9.84. The zero-order chi connectivity index (χ0) is 14.9. The van der Waals surface area contributed by atoms with Crippen LogP contribution < -0.4 is 5.73 Å². The summed E-state index contributed by atoms with van der Waals surface area (Å²) in [4.78, 5) is 14.2. The molecule has 0 aliphatic heterocycles. The summed E-state index contributed by atoms with van der Waals surface area (Å²) in [5.74, 6) is -0.278. The molecule has 0 aromatic heterocycles. The monoisotopic (exact) mass is 275 g/mol. The average Bonchev–Trinajstić information content (AvgIpc) is 2.44. The van der Waals surface area contributed by atoms with Crippen LogP contribution in [0.15, 0.2) is 5.16 Å². The van der Waals surface area contributed by atoms with Crippen molar-refractivity contribution in [1.82, 2.24) is 4.90 Å². The van der Waals surface area contributed by atoms with Crippen molar-refractivity contribution in [1.29, 1.82) is 0 Å². The molecule has 0 spiro atoms. The highest BCUT2D eigenvalue weighted by atomic mass is 16.5. The molecule has 0 heterocycles. The number of nitrogens with two attached hydrogens (primary N) is 1. The maximum Gasteiger partial charge on any atom is 0.236 e. The summed E-state index contributed by atoms with van der Waals surface area (Å²) in [6.45, 7) is 5.20. The van der Waals surface area contributed by atoms with E-state index >= 15 is 0 Å². The largest absolute Gasteiger partial charge is 0.409 e. The van der Waals surface area contributed by atoms with Crippen LogP contribution in [0.1, 0.15) is 20.3 Å². The maximum absolute atomic E-state index is 12.6. The number of ether oxygens (including phenoxy) is 2. The van der Waals surface area contributed by atoms with Gasteiger partial charge in [-0.3, -0.25) is 4.79 Å². The highest BCUT2D eigenvalue weighted by Crippen LogP contribution is 2.24. The van der Waals surface area contributed by atoms with Crippen LogP contribution in [0.25, 0.3) is 0 Å². The third-order valence-electron chi connectivity index (χ3n) is 3.27. The van der Waals surface area contributed by atoms with Crippen LogP contribution in [0.3, 0.4) is 0 Å². The summed E-state index contributed by atoms with van der Waals surface area (Å²) in [7, 11) is 3.14. The Kier molecular flexibility index (Phi) is 8.09.